The second-order valence-electron chi connectivity index (χ2n) is 2.39. The zero-order valence-corrected chi connectivity index (χ0v) is 6.46. The summed E-state index contributed by atoms with van der Waals surface area (Å²) in [6.07, 6.45) is 1.61. The molecule has 0 aliphatic heterocycles. The van der Waals surface area contributed by atoms with E-state index in [-0.39, 0.29) is 0 Å². The Morgan fingerprint density at radius 1 is 1.55 bits per heavy atom. The molecule has 0 unspecified atom stereocenters. The van der Waals surface area contributed by atoms with Gasteiger partial charge in [-0.3, -0.25) is 4.98 Å². The normalized spacial score (nSPS) is 9.64. The van der Waals surface area contributed by atoms with Crippen molar-refractivity contribution in [2.24, 2.45) is 0 Å². The number of aryl methyl sites for hydroxylation is 2. The van der Waals surface area contributed by atoms with E-state index in [2.05, 4.69) is 4.98 Å². The Hall–Kier alpha value is -1.38. The second-order valence-corrected chi connectivity index (χ2v) is 2.39. The minimum absolute atomic E-state index is 0.313. The van der Waals surface area contributed by atoms with E-state index >= 15 is 0 Å². The fraction of sp³-hybridized carbons (Fsp3) is 0.250. The van der Waals surface area contributed by atoms with E-state index in [0.717, 1.165) is 5.56 Å². The monoisotopic (exact) mass is 151 g/mol. The molecule has 1 rings (SSSR count). The summed E-state index contributed by atoms with van der Waals surface area (Å²) >= 11 is 0. The molecule has 1 heterocycles. The summed E-state index contributed by atoms with van der Waals surface area (Å²) in [5, 5.41) is 8.71. The van der Waals surface area contributed by atoms with Gasteiger partial charge in [0, 0.05) is 6.20 Å². The van der Waals surface area contributed by atoms with Gasteiger partial charge in [-0.2, -0.15) is 0 Å². The van der Waals surface area contributed by atoms with Crippen LogP contribution < -0.4 is 0 Å². The van der Waals surface area contributed by atoms with Crippen LogP contribution in [0.5, 0.6) is 0 Å². The molecule has 3 heteroatoms. The molecule has 0 radical (unpaired) electrons. The Balaban J connectivity index is 3.32. The maximum Gasteiger partial charge on any atom is 0.337 e. The minimum Gasteiger partial charge on any atom is -0.478 e. The van der Waals surface area contributed by atoms with Gasteiger partial charge in [-0.15, -0.1) is 0 Å². The Kier molecular flexibility index (Phi) is 1.89. The number of rotatable bonds is 1. The van der Waals surface area contributed by atoms with Crippen molar-refractivity contribution in [1.82, 2.24) is 4.98 Å². The average molecular weight is 151 g/mol. The van der Waals surface area contributed by atoms with Crippen molar-refractivity contribution < 1.29 is 9.90 Å². The van der Waals surface area contributed by atoms with E-state index in [9.17, 15) is 4.79 Å². The Bertz CT molecular complexity index is 274. The smallest absolute Gasteiger partial charge is 0.337 e. The molecular formula is C8H9NO2. The van der Waals surface area contributed by atoms with E-state index in [1.165, 1.54) is 0 Å². The van der Waals surface area contributed by atoms with Crippen molar-refractivity contribution in [2.45, 2.75) is 13.8 Å². The molecule has 0 spiro atoms. The van der Waals surface area contributed by atoms with Crippen molar-refractivity contribution in [1.29, 1.82) is 0 Å². The largest absolute Gasteiger partial charge is 0.478 e. The summed E-state index contributed by atoms with van der Waals surface area (Å²) in [6, 6.07) is 1.69. The topological polar surface area (TPSA) is 50.2 Å². The zero-order chi connectivity index (χ0) is 8.43. The Labute approximate surface area is 64.7 Å². The second kappa shape index (κ2) is 2.70. The van der Waals surface area contributed by atoms with Gasteiger partial charge in [0.2, 0.25) is 0 Å². The zero-order valence-electron chi connectivity index (χ0n) is 6.46. The molecule has 0 amide bonds. The molecule has 3 nitrogen and oxygen atoms in total. The van der Waals surface area contributed by atoms with Crippen molar-refractivity contribution in [3.8, 4) is 0 Å². The predicted molar refractivity (Wildman–Crippen MR) is 40.7 cm³/mol. The molecule has 0 saturated carbocycles. The van der Waals surface area contributed by atoms with E-state index in [4.69, 9.17) is 5.11 Å². The molecule has 11 heavy (non-hydrogen) atoms. The molecule has 1 aromatic heterocycles. The van der Waals surface area contributed by atoms with Gasteiger partial charge in [0.25, 0.3) is 0 Å². The summed E-state index contributed by atoms with van der Waals surface area (Å²) in [5.41, 5.74) is 1.63. The Morgan fingerprint density at radius 3 is 2.55 bits per heavy atom. The molecule has 0 aliphatic carbocycles. The molecule has 0 fully saturated rings. The molecule has 0 bridgehead atoms. The van der Waals surface area contributed by atoms with Crippen LogP contribution in [0.15, 0.2) is 12.3 Å². The van der Waals surface area contributed by atoms with Crippen molar-refractivity contribution >= 4 is 5.97 Å². The van der Waals surface area contributed by atoms with Gasteiger partial charge >= 0.3 is 5.97 Å². The van der Waals surface area contributed by atoms with E-state index in [1.807, 2.05) is 0 Å². The molecule has 0 aliphatic rings. The molecule has 1 aromatic rings. The van der Waals surface area contributed by atoms with Gasteiger partial charge < -0.3 is 5.11 Å². The highest BCUT2D eigenvalue weighted by molar-refractivity contribution is 5.90. The van der Waals surface area contributed by atoms with E-state index < -0.39 is 5.97 Å². The van der Waals surface area contributed by atoms with Crippen LogP contribution in [0.2, 0.25) is 0 Å². The summed E-state index contributed by atoms with van der Waals surface area (Å²) in [7, 11) is 0. The number of hydrogen-bond acceptors (Lipinski definition) is 2. The van der Waals surface area contributed by atoms with Crippen LogP contribution in [0.3, 0.4) is 0 Å². The molecule has 0 aromatic carbocycles. The minimum atomic E-state index is -0.909. The van der Waals surface area contributed by atoms with Crippen LogP contribution in [-0.4, -0.2) is 16.1 Å². The third kappa shape index (κ3) is 1.37. The SMILES string of the molecule is Cc1ccnc(C)c1C(=O)O. The van der Waals surface area contributed by atoms with Gasteiger partial charge in [0.05, 0.1) is 11.3 Å². The average Bonchev–Trinajstić information content (AvgIpc) is 1.85. The fourth-order valence-electron chi connectivity index (χ4n) is 1.02. The van der Waals surface area contributed by atoms with Crippen molar-refractivity contribution in [3.63, 3.8) is 0 Å². The van der Waals surface area contributed by atoms with Gasteiger partial charge in [0.1, 0.15) is 0 Å². The highest BCUT2D eigenvalue weighted by atomic mass is 16.4. The number of hydrogen-bond donors (Lipinski definition) is 1. The van der Waals surface area contributed by atoms with Crippen LogP contribution in [0.4, 0.5) is 0 Å². The number of nitrogens with zero attached hydrogens (tertiary/aromatic N) is 1. The highest BCUT2D eigenvalue weighted by Crippen LogP contribution is 2.09. The highest BCUT2D eigenvalue weighted by Gasteiger charge is 2.09. The lowest BCUT2D eigenvalue weighted by molar-refractivity contribution is 0.0695. The van der Waals surface area contributed by atoms with Crippen LogP contribution in [0.25, 0.3) is 0 Å². The number of pyridine rings is 1. The Morgan fingerprint density at radius 2 is 2.18 bits per heavy atom. The first-order valence-corrected chi connectivity index (χ1v) is 3.28. The van der Waals surface area contributed by atoms with Gasteiger partial charge in [-0.05, 0) is 25.5 Å². The number of carboxylic acid groups (broad SMARTS) is 1. The molecular weight excluding hydrogens is 142 g/mol. The van der Waals surface area contributed by atoms with Crippen molar-refractivity contribution in [3.05, 3.63) is 29.1 Å². The summed E-state index contributed by atoms with van der Waals surface area (Å²) in [6.45, 7) is 3.45. The van der Waals surface area contributed by atoms with Gasteiger partial charge in [-0.1, -0.05) is 0 Å². The van der Waals surface area contributed by atoms with Gasteiger partial charge in [-0.25, -0.2) is 4.79 Å². The number of aromatic carboxylic acids is 1. The summed E-state index contributed by atoms with van der Waals surface area (Å²) in [4.78, 5) is 14.5. The molecule has 0 atom stereocenters. The quantitative estimate of drug-likeness (QED) is 0.659. The van der Waals surface area contributed by atoms with E-state index in [1.54, 1.807) is 26.1 Å². The lowest BCUT2D eigenvalue weighted by Crippen LogP contribution is -2.03. The van der Waals surface area contributed by atoms with Crippen molar-refractivity contribution in [2.75, 3.05) is 0 Å². The first-order chi connectivity index (χ1) is 5.13. The standard InChI is InChI=1S/C8H9NO2/c1-5-3-4-9-6(2)7(5)8(10)11/h3-4H,1-2H3,(H,10,11). The summed E-state index contributed by atoms with van der Waals surface area (Å²) in [5.74, 6) is -0.909. The first kappa shape index (κ1) is 7.72. The molecule has 0 saturated heterocycles. The van der Waals surface area contributed by atoms with E-state index in [0.29, 0.717) is 11.3 Å². The van der Waals surface area contributed by atoms with Crippen LogP contribution in [0, 0.1) is 13.8 Å². The first-order valence-electron chi connectivity index (χ1n) is 3.28. The predicted octanol–water partition coefficient (Wildman–Crippen LogP) is 1.40. The van der Waals surface area contributed by atoms with Crippen LogP contribution in [0.1, 0.15) is 21.6 Å². The third-order valence-electron chi connectivity index (χ3n) is 1.56. The maximum atomic E-state index is 10.6. The lowest BCUT2D eigenvalue weighted by Gasteiger charge is -2.01. The van der Waals surface area contributed by atoms with Crippen LogP contribution >= 0.6 is 0 Å². The molecule has 1 N–H and O–H groups in total. The maximum absolute atomic E-state index is 10.6. The third-order valence-corrected chi connectivity index (χ3v) is 1.56. The molecule has 58 valence electrons. The fourth-order valence-corrected chi connectivity index (χ4v) is 1.02. The number of aromatic nitrogens is 1. The lowest BCUT2D eigenvalue weighted by atomic mass is 10.1. The summed E-state index contributed by atoms with van der Waals surface area (Å²) < 4.78 is 0. The van der Waals surface area contributed by atoms with Gasteiger partial charge in [0.15, 0.2) is 0 Å². The van der Waals surface area contributed by atoms with Crippen LogP contribution in [-0.2, 0) is 0 Å². The number of carboxylic acids is 1. The number of carbonyl (C=O) groups is 1.